The molecule has 0 heterocycles. The largest absolute Gasteiger partial charge is 1.00 e. The van der Waals surface area contributed by atoms with Crippen molar-refractivity contribution < 1.29 is 39.5 Å². The number of carbonyl (C=O) groups excluding carboxylic acids is 1. The molecule has 1 aromatic carbocycles. The molecule has 6 heteroatoms. The van der Waals surface area contributed by atoms with Crippen LogP contribution in [0, 0.1) is 0 Å². The Morgan fingerprint density at radius 1 is 1.36 bits per heavy atom. The molecule has 0 aliphatic heterocycles. The van der Waals surface area contributed by atoms with Gasteiger partial charge in [0.05, 0.1) is 0 Å². The van der Waals surface area contributed by atoms with Gasteiger partial charge in [0, 0.05) is 16.7 Å². The Balaban J connectivity index is 0.00000169. The molecule has 1 N–H and O–H groups in total. The van der Waals surface area contributed by atoms with E-state index in [4.69, 9.17) is 0 Å². The maximum atomic E-state index is 9.95. The Morgan fingerprint density at radius 3 is 2.57 bits per heavy atom. The molecule has 0 atom stereocenters. The molecule has 0 aromatic heterocycles. The van der Waals surface area contributed by atoms with E-state index in [-0.39, 0.29) is 29.6 Å². The number of hydrogen-bond acceptors (Lipinski definition) is 4. The maximum Gasteiger partial charge on any atom is 1.00 e. The predicted molar refractivity (Wildman–Crippen MR) is 53.9 cm³/mol. The number of amides is 1. The van der Waals surface area contributed by atoms with E-state index in [2.05, 4.69) is 4.72 Å². The van der Waals surface area contributed by atoms with Crippen molar-refractivity contribution in [1.82, 2.24) is 4.72 Å². The molecule has 0 bridgehead atoms. The first-order valence-electron chi connectivity index (χ1n) is 3.58. The van der Waals surface area contributed by atoms with Crippen LogP contribution in [0.15, 0.2) is 30.3 Å². The summed E-state index contributed by atoms with van der Waals surface area (Å²) in [6.07, 6.45) is -1.26. The maximum absolute atomic E-state index is 9.95. The Morgan fingerprint density at radius 2 is 2.00 bits per heavy atom. The molecular weight excluding hydrogens is 229 g/mol. The second kappa shape index (κ2) is 8.49. The van der Waals surface area contributed by atoms with Crippen molar-refractivity contribution in [3.63, 3.8) is 0 Å². The van der Waals surface area contributed by atoms with Crippen LogP contribution in [0.3, 0.4) is 0 Å². The SMILES string of the molecule is O=C([O-])NSSCc1ccccc1.[Na+]. The van der Waals surface area contributed by atoms with Gasteiger partial charge in [0.2, 0.25) is 0 Å². The minimum atomic E-state index is -1.26. The van der Waals surface area contributed by atoms with Crippen LogP contribution in [0.2, 0.25) is 0 Å². The third-order valence-electron chi connectivity index (χ3n) is 1.25. The fourth-order valence-corrected chi connectivity index (χ4v) is 2.22. The first-order valence-corrected chi connectivity index (χ1v) is 5.90. The van der Waals surface area contributed by atoms with Gasteiger partial charge in [-0.25, -0.2) is 0 Å². The predicted octanol–water partition coefficient (Wildman–Crippen LogP) is -1.58. The molecule has 14 heavy (non-hydrogen) atoms. The van der Waals surface area contributed by atoms with Gasteiger partial charge < -0.3 is 14.6 Å². The molecule has 0 saturated heterocycles. The van der Waals surface area contributed by atoms with Gasteiger partial charge in [0.1, 0.15) is 6.09 Å². The first-order chi connectivity index (χ1) is 6.29. The summed E-state index contributed by atoms with van der Waals surface area (Å²) in [5.41, 5.74) is 1.17. The molecular formula is C8H8NNaO2S2. The van der Waals surface area contributed by atoms with Gasteiger partial charge in [0.25, 0.3) is 0 Å². The van der Waals surface area contributed by atoms with Crippen LogP contribution in [0.25, 0.3) is 0 Å². The second-order valence-electron chi connectivity index (χ2n) is 2.22. The van der Waals surface area contributed by atoms with Crippen LogP contribution < -0.4 is 39.4 Å². The fourth-order valence-electron chi connectivity index (χ4n) is 0.735. The zero-order chi connectivity index (χ0) is 9.52. The number of rotatable bonds is 4. The normalized spacial score (nSPS) is 8.86. The molecule has 1 amide bonds. The van der Waals surface area contributed by atoms with Gasteiger partial charge in [-0.05, 0) is 5.56 Å². The van der Waals surface area contributed by atoms with E-state index < -0.39 is 6.09 Å². The molecule has 0 spiro atoms. The van der Waals surface area contributed by atoms with E-state index in [1.807, 2.05) is 30.3 Å². The Bertz CT molecular complexity index is 271. The van der Waals surface area contributed by atoms with E-state index in [9.17, 15) is 9.90 Å². The molecule has 3 nitrogen and oxygen atoms in total. The van der Waals surface area contributed by atoms with E-state index in [0.29, 0.717) is 0 Å². The summed E-state index contributed by atoms with van der Waals surface area (Å²) in [5.74, 6) is 0.770. The number of nitrogens with one attached hydrogen (secondary N) is 1. The summed E-state index contributed by atoms with van der Waals surface area (Å²) >= 11 is 0. The number of carboxylic acid groups (broad SMARTS) is 1. The van der Waals surface area contributed by atoms with Crippen LogP contribution in [-0.2, 0) is 5.75 Å². The number of benzene rings is 1. The fraction of sp³-hybridized carbons (Fsp3) is 0.125. The molecule has 0 saturated carbocycles. The van der Waals surface area contributed by atoms with Gasteiger partial charge in [0.15, 0.2) is 0 Å². The van der Waals surface area contributed by atoms with E-state index in [0.717, 1.165) is 16.7 Å². The number of carbonyl (C=O) groups is 1. The minimum Gasteiger partial charge on any atom is -0.529 e. The molecule has 1 rings (SSSR count). The summed E-state index contributed by atoms with van der Waals surface area (Å²) in [6.45, 7) is 0. The Kier molecular flexibility index (Phi) is 8.61. The van der Waals surface area contributed by atoms with Gasteiger partial charge in [-0.1, -0.05) is 41.1 Å². The van der Waals surface area contributed by atoms with Gasteiger partial charge in [-0.15, -0.1) is 0 Å². The zero-order valence-corrected chi connectivity index (χ0v) is 11.4. The van der Waals surface area contributed by atoms with Crippen molar-refractivity contribution in [2.24, 2.45) is 0 Å². The third kappa shape index (κ3) is 6.62. The summed E-state index contributed by atoms with van der Waals surface area (Å²) in [6, 6.07) is 9.83. The average Bonchev–Trinajstić information content (AvgIpc) is 2.14. The molecule has 70 valence electrons. The summed E-state index contributed by atoms with van der Waals surface area (Å²) in [4.78, 5) is 9.95. The Hall–Kier alpha value is 0.190. The minimum absolute atomic E-state index is 0. The molecule has 0 aliphatic rings. The molecule has 0 fully saturated rings. The summed E-state index contributed by atoms with van der Waals surface area (Å²) < 4.78 is 2.10. The van der Waals surface area contributed by atoms with Crippen LogP contribution in [0.5, 0.6) is 0 Å². The van der Waals surface area contributed by atoms with Gasteiger partial charge in [-0.3, -0.25) is 0 Å². The van der Waals surface area contributed by atoms with Crippen molar-refractivity contribution >= 4 is 27.9 Å². The quantitative estimate of drug-likeness (QED) is 0.297. The molecule has 0 aliphatic carbocycles. The van der Waals surface area contributed by atoms with Crippen molar-refractivity contribution in [3.8, 4) is 0 Å². The van der Waals surface area contributed by atoms with Crippen LogP contribution in [-0.4, -0.2) is 6.09 Å². The standard InChI is InChI=1S/C8H9NO2S2.Na/c10-8(11)9-13-12-6-7-4-2-1-3-5-7;/h1-5,9H,6H2,(H,10,11);/q;+1/p-1. The number of hydrogen-bond donors (Lipinski definition) is 1. The Labute approximate surface area is 113 Å². The van der Waals surface area contributed by atoms with Crippen molar-refractivity contribution in [1.29, 1.82) is 0 Å². The van der Waals surface area contributed by atoms with Gasteiger partial charge >= 0.3 is 29.6 Å². The monoisotopic (exact) mass is 237 g/mol. The van der Waals surface area contributed by atoms with Gasteiger partial charge in [-0.2, -0.15) is 0 Å². The first kappa shape index (κ1) is 14.2. The molecule has 0 radical (unpaired) electrons. The van der Waals surface area contributed by atoms with E-state index >= 15 is 0 Å². The second-order valence-corrected chi connectivity index (χ2v) is 4.32. The summed E-state index contributed by atoms with van der Waals surface area (Å²) in [5, 5.41) is 9.95. The molecule has 0 unspecified atom stereocenters. The smallest absolute Gasteiger partial charge is 0.529 e. The van der Waals surface area contributed by atoms with Crippen molar-refractivity contribution in [2.75, 3.05) is 0 Å². The topological polar surface area (TPSA) is 52.2 Å². The van der Waals surface area contributed by atoms with Crippen molar-refractivity contribution in [3.05, 3.63) is 35.9 Å². The van der Waals surface area contributed by atoms with Crippen LogP contribution in [0.1, 0.15) is 5.56 Å². The van der Waals surface area contributed by atoms with Crippen LogP contribution in [0.4, 0.5) is 4.79 Å². The van der Waals surface area contributed by atoms with E-state index in [1.54, 1.807) is 0 Å². The third-order valence-corrected chi connectivity index (χ3v) is 3.03. The molecule has 1 aromatic rings. The average molecular weight is 237 g/mol. The van der Waals surface area contributed by atoms with Crippen LogP contribution >= 0.6 is 21.8 Å². The zero-order valence-electron chi connectivity index (χ0n) is 7.73. The van der Waals surface area contributed by atoms with E-state index in [1.165, 1.54) is 16.4 Å². The summed E-state index contributed by atoms with van der Waals surface area (Å²) in [7, 11) is 2.48. The van der Waals surface area contributed by atoms with Crippen molar-refractivity contribution in [2.45, 2.75) is 5.75 Å².